The standard InChI is InChI=1S/C24H43O10P/c1-18(2)15-13-11-9-7-5-3-4-6-8-10-12-14-16-20(26)32-17-19(25)22-21(27)23(24(28)33-22)34-35(29,30)31/h18-19,22,25,27H,3-17H2,1-2H3,(H2,29,30,31)/t19-,22+/m0/s1. The molecule has 1 rings (SSSR count). The van der Waals surface area contributed by atoms with Gasteiger partial charge < -0.3 is 24.2 Å². The molecular formula is C24H43O10P. The van der Waals surface area contributed by atoms with Crippen LogP contribution >= 0.6 is 7.82 Å². The Morgan fingerprint density at radius 1 is 0.943 bits per heavy atom. The number of ether oxygens (including phenoxy) is 2. The van der Waals surface area contributed by atoms with Crippen LogP contribution in [0.1, 0.15) is 104 Å². The maximum absolute atomic E-state index is 11.9. The van der Waals surface area contributed by atoms with E-state index in [9.17, 15) is 24.4 Å². The number of carbonyl (C=O) groups excluding carboxylic acids is 2. The summed E-state index contributed by atoms with van der Waals surface area (Å²) >= 11 is 0. The first-order valence-electron chi connectivity index (χ1n) is 12.7. The summed E-state index contributed by atoms with van der Waals surface area (Å²) in [5.41, 5.74) is 0. The van der Waals surface area contributed by atoms with Gasteiger partial charge in [-0.2, -0.15) is 0 Å². The average molecular weight is 523 g/mol. The molecule has 10 nitrogen and oxygen atoms in total. The Morgan fingerprint density at radius 2 is 1.43 bits per heavy atom. The Hall–Kier alpha value is -1.61. The van der Waals surface area contributed by atoms with Crippen molar-refractivity contribution in [3.63, 3.8) is 0 Å². The van der Waals surface area contributed by atoms with E-state index in [1.165, 1.54) is 57.8 Å². The lowest BCUT2D eigenvalue weighted by atomic mass is 10.0. The molecule has 1 aliphatic rings. The number of hydrogen-bond acceptors (Lipinski definition) is 8. The summed E-state index contributed by atoms with van der Waals surface area (Å²) in [4.78, 5) is 40.9. The van der Waals surface area contributed by atoms with E-state index in [1.54, 1.807) is 0 Å². The number of cyclic esters (lactones) is 1. The van der Waals surface area contributed by atoms with E-state index in [2.05, 4.69) is 23.1 Å². The Morgan fingerprint density at radius 3 is 1.91 bits per heavy atom. The molecule has 0 radical (unpaired) electrons. The van der Waals surface area contributed by atoms with Crippen molar-refractivity contribution < 1.29 is 48.2 Å². The first-order chi connectivity index (χ1) is 16.5. The molecule has 0 aliphatic carbocycles. The lowest BCUT2D eigenvalue weighted by Gasteiger charge is -2.17. The highest BCUT2D eigenvalue weighted by Gasteiger charge is 2.43. The lowest BCUT2D eigenvalue weighted by molar-refractivity contribution is -0.154. The zero-order valence-corrected chi connectivity index (χ0v) is 21.9. The van der Waals surface area contributed by atoms with E-state index < -0.39 is 50.1 Å². The van der Waals surface area contributed by atoms with Crippen LogP contribution in [0.2, 0.25) is 0 Å². The fourth-order valence-electron chi connectivity index (χ4n) is 3.85. The van der Waals surface area contributed by atoms with Crippen molar-refractivity contribution >= 4 is 19.8 Å². The predicted octanol–water partition coefficient (Wildman–Crippen LogP) is 4.81. The van der Waals surface area contributed by atoms with Gasteiger partial charge in [0.2, 0.25) is 0 Å². The van der Waals surface area contributed by atoms with Crippen molar-refractivity contribution in [1.29, 1.82) is 0 Å². The topological polar surface area (TPSA) is 160 Å². The molecule has 0 aromatic rings. The molecule has 0 bridgehead atoms. The number of esters is 2. The molecule has 0 fully saturated rings. The molecule has 0 aromatic heterocycles. The fourth-order valence-corrected chi connectivity index (χ4v) is 4.26. The van der Waals surface area contributed by atoms with E-state index in [4.69, 9.17) is 14.5 Å². The molecule has 0 unspecified atom stereocenters. The number of phosphoric ester groups is 1. The molecule has 0 saturated carbocycles. The Balaban J connectivity index is 2.04. The molecule has 11 heteroatoms. The summed E-state index contributed by atoms with van der Waals surface area (Å²) in [7, 11) is -5.10. The maximum Gasteiger partial charge on any atom is 0.525 e. The van der Waals surface area contributed by atoms with Gasteiger partial charge in [0.15, 0.2) is 11.9 Å². The minimum atomic E-state index is -5.10. The summed E-state index contributed by atoms with van der Waals surface area (Å²) in [5, 5.41) is 19.8. The van der Waals surface area contributed by atoms with Crippen LogP contribution in [0.15, 0.2) is 11.5 Å². The van der Waals surface area contributed by atoms with E-state index in [0.717, 1.165) is 25.2 Å². The Kier molecular flexibility index (Phi) is 15.2. The van der Waals surface area contributed by atoms with Gasteiger partial charge in [0.1, 0.15) is 12.7 Å². The molecule has 35 heavy (non-hydrogen) atoms. The summed E-state index contributed by atoms with van der Waals surface area (Å²) < 4.78 is 24.5. The second-order valence-electron chi connectivity index (χ2n) is 9.55. The van der Waals surface area contributed by atoms with Crippen LogP contribution in [0, 0.1) is 5.92 Å². The van der Waals surface area contributed by atoms with Gasteiger partial charge in [-0.3, -0.25) is 14.6 Å². The quantitative estimate of drug-likeness (QED) is 0.0992. The number of carbonyl (C=O) groups is 2. The van der Waals surface area contributed by atoms with Crippen LogP contribution in [0.3, 0.4) is 0 Å². The molecule has 1 aliphatic heterocycles. The van der Waals surface area contributed by atoms with Gasteiger partial charge in [-0.15, -0.1) is 0 Å². The smallest absolute Gasteiger partial charge is 0.505 e. The van der Waals surface area contributed by atoms with Crippen LogP contribution in [0.5, 0.6) is 0 Å². The molecule has 0 spiro atoms. The molecule has 0 amide bonds. The van der Waals surface area contributed by atoms with Crippen molar-refractivity contribution in [2.24, 2.45) is 5.92 Å². The molecule has 4 N–H and O–H groups in total. The highest BCUT2D eigenvalue weighted by molar-refractivity contribution is 7.46. The lowest BCUT2D eigenvalue weighted by Crippen LogP contribution is -2.33. The minimum Gasteiger partial charge on any atom is -0.505 e. The van der Waals surface area contributed by atoms with Gasteiger partial charge in [-0.1, -0.05) is 90.9 Å². The minimum absolute atomic E-state index is 0.183. The van der Waals surface area contributed by atoms with Gasteiger partial charge in [0.25, 0.3) is 5.76 Å². The highest BCUT2D eigenvalue weighted by atomic mass is 31.2. The van der Waals surface area contributed by atoms with Crippen molar-refractivity contribution in [3.8, 4) is 0 Å². The molecule has 0 saturated heterocycles. The van der Waals surface area contributed by atoms with Gasteiger partial charge in [0, 0.05) is 6.42 Å². The largest absolute Gasteiger partial charge is 0.525 e. The van der Waals surface area contributed by atoms with Crippen molar-refractivity contribution in [3.05, 3.63) is 11.5 Å². The van der Waals surface area contributed by atoms with Gasteiger partial charge in [0.05, 0.1) is 0 Å². The summed E-state index contributed by atoms with van der Waals surface area (Å²) in [6, 6.07) is 0. The first kappa shape index (κ1) is 31.4. The molecular weight excluding hydrogens is 479 g/mol. The van der Waals surface area contributed by atoms with Gasteiger partial charge >= 0.3 is 19.8 Å². The number of phosphoric acid groups is 1. The van der Waals surface area contributed by atoms with Crippen LogP contribution in [0.4, 0.5) is 0 Å². The number of aliphatic hydroxyl groups is 2. The number of rotatable bonds is 20. The van der Waals surface area contributed by atoms with E-state index in [-0.39, 0.29) is 6.42 Å². The second-order valence-corrected chi connectivity index (χ2v) is 10.7. The normalized spacial score (nSPS) is 17.1. The van der Waals surface area contributed by atoms with E-state index in [1.807, 2.05) is 0 Å². The molecule has 2 atom stereocenters. The van der Waals surface area contributed by atoms with Crippen LogP contribution in [0.25, 0.3) is 0 Å². The monoisotopic (exact) mass is 522 g/mol. The van der Waals surface area contributed by atoms with Crippen molar-refractivity contribution in [1.82, 2.24) is 0 Å². The number of unbranched alkanes of at least 4 members (excludes halogenated alkanes) is 11. The summed E-state index contributed by atoms with van der Waals surface area (Å²) in [6.45, 7) is 3.99. The van der Waals surface area contributed by atoms with Crippen LogP contribution < -0.4 is 0 Å². The predicted molar refractivity (Wildman–Crippen MR) is 129 cm³/mol. The van der Waals surface area contributed by atoms with E-state index in [0.29, 0.717) is 6.42 Å². The third-order valence-corrected chi connectivity index (χ3v) is 6.23. The fraction of sp³-hybridized carbons (Fsp3) is 0.833. The van der Waals surface area contributed by atoms with Gasteiger partial charge in [-0.05, 0) is 12.3 Å². The third-order valence-electron chi connectivity index (χ3n) is 5.81. The van der Waals surface area contributed by atoms with E-state index >= 15 is 0 Å². The Bertz CT molecular complexity index is 715. The average Bonchev–Trinajstić information content (AvgIpc) is 3.04. The Labute approximate surface area is 208 Å². The summed E-state index contributed by atoms with van der Waals surface area (Å²) in [5.74, 6) is -3.10. The molecule has 204 valence electrons. The van der Waals surface area contributed by atoms with Crippen LogP contribution in [-0.2, 0) is 28.2 Å². The molecule has 1 heterocycles. The zero-order valence-electron chi connectivity index (χ0n) is 21.0. The SMILES string of the molecule is CC(C)CCCCCCCCCCCCCCC(=O)OC[C@H](O)[C@H]1OC(=O)C(OP(=O)(O)O)=C1O. The zero-order chi connectivity index (χ0) is 26.3. The van der Waals surface area contributed by atoms with Gasteiger partial charge in [-0.25, -0.2) is 9.36 Å². The van der Waals surface area contributed by atoms with Crippen molar-refractivity contribution in [2.75, 3.05) is 6.61 Å². The number of hydrogen-bond donors (Lipinski definition) is 4. The summed E-state index contributed by atoms with van der Waals surface area (Å²) in [6.07, 6.45) is 12.4. The first-order valence-corrected chi connectivity index (χ1v) is 14.3. The molecule has 0 aromatic carbocycles. The number of aliphatic hydroxyl groups excluding tert-OH is 2. The second kappa shape index (κ2) is 17.0. The van der Waals surface area contributed by atoms with Crippen LogP contribution in [-0.4, -0.2) is 50.8 Å². The third kappa shape index (κ3) is 14.5. The van der Waals surface area contributed by atoms with Crippen molar-refractivity contribution in [2.45, 2.75) is 116 Å². The maximum atomic E-state index is 11.9. The highest BCUT2D eigenvalue weighted by Crippen LogP contribution is 2.42.